The van der Waals surface area contributed by atoms with Gasteiger partial charge in [0.25, 0.3) is 5.91 Å². The second-order valence-corrected chi connectivity index (χ2v) is 11.7. The number of ketones is 2. The van der Waals surface area contributed by atoms with Gasteiger partial charge in [0.05, 0.1) is 17.3 Å². The van der Waals surface area contributed by atoms with E-state index in [1.165, 1.54) is 12.0 Å². The first-order valence-electron chi connectivity index (χ1n) is 12.6. The number of primary amides is 1. The Bertz CT molecular complexity index is 1400. The summed E-state index contributed by atoms with van der Waals surface area (Å²) in [7, 11) is 4.52. The number of hydrogen-bond donors (Lipinski definition) is 5. The molecule has 11 nitrogen and oxygen atoms in total. The SMILES string of the molecule is CO/N=C(/C)c1cc(C(C)(C)C)c(O)c2c1C[C@@H]1C[C@@H]3[C@@H](N(C)C)C(=O)C(C(N)=O)=C(O)[C@@]3(O)C(=O)C1=C2O. The maximum Gasteiger partial charge on any atom is 0.255 e. The number of nitrogens with two attached hydrogens (primary N) is 1. The van der Waals surface area contributed by atoms with Crippen LogP contribution in [0.4, 0.5) is 0 Å². The minimum atomic E-state index is -2.68. The number of amides is 1. The number of benzene rings is 1. The Morgan fingerprint density at radius 2 is 1.82 bits per heavy atom. The number of aliphatic hydroxyl groups excluding tert-OH is 2. The average Bonchev–Trinajstić information content (AvgIpc) is 2.80. The van der Waals surface area contributed by atoms with E-state index < -0.39 is 63.5 Å². The number of oxime groups is 1. The Morgan fingerprint density at radius 1 is 1.21 bits per heavy atom. The molecular formula is C28H35N3O8. The van der Waals surface area contributed by atoms with E-state index in [4.69, 9.17) is 10.6 Å². The highest BCUT2D eigenvalue weighted by Crippen LogP contribution is 2.54. The Labute approximate surface area is 226 Å². The van der Waals surface area contributed by atoms with Crippen molar-refractivity contribution in [1.82, 2.24) is 4.90 Å². The van der Waals surface area contributed by atoms with E-state index in [-0.39, 0.29) is 29.7 Å². The molecule has 1 aromatic rings. The van der Waals surface area contributed by atoms with Gasteiger partial charge in [-0.2, -0.15) is 0 Å². The molecule has 0 unspecified atom stereocenters. The first-order valence-corrected chi connectivity index (χ1v) is 12.6. The lowest BCUT2D eigenvalue weighted by Crippen LogP contribution is -2.65. The van der Waals surface area contributed by atoms with E-state index in [0.29, 0.717) is 22.4 Å². The van der Waals surface area contributed by atoms with Gasteiger partial charge in [0.2, 0.25) is 5.78 Å². The number of fused-ring (bicyclic) bond motifs is 3. The third-order valence-electron chi connectivity index (χ3n) is 8.15. The molecule has 4 atom stereocenters. The fraction of sp³-hybridized carbons (Fsp3) is 0.500. The summed E-state index contributed by atoms with van der Waals surface area (Å²) in [5.74, 6) is -6.82. The monoisotopic (exact) mass is 541 g/mol. The van der Waals surface area contributed by atoms with Crippen molar-refractivity contribution in [3.63, 3.8) is 0 Å². The number of likely N-dealkylation sites (N-methyl/N-ethyl adjacent to an activating group) is 1. The zero-order valence-corrected chi connectivity index (χ0v) is 23.1. The second kappa shape index (κ2) is 9.20. The standard InChI is InChI=1S/C28H35N3O8/c1-11(30-39-7)13-10-16(27(2,3)4)21(32)18-14(13)8-12-9-15-20(31(5)6)23(34)19(26(29)37)25(36)28(15,38)24(35)17(12)22(18)33/h10,12,15,20,32-33,36,38H,8-9H2,1-7H3,(H2,29,37)/b30-11-/t12-,15-,20-,28+/m1/s1. The molecule has 0 aliphatic heterocycles. The van der Waals surface area contributed by atoms with Crippen molar-refractivity contribution >= 4 is 28.9 Å². The Balaban J connectivity index is 2.05. The van der Waals surface area contributed by atoms with Crippen molar-refractivity contribution < 1.29 is 39.6 Å². The highest BCUT2D eigenvalue weighted by Gasteiger charge is 2.64. The predicted molar refractivity (Wildman–Crippen MR) is 142 cm³/mol. The van der Waals surface area contributed by atoms with Crippen LogP contribution in [0.5, 0.6) is 5.75 Å². The van der Waals surface area contributed by atoms with Crippen LogP contribution in [0.15, 0.2) is 28.1 Å². The van der Waals surface area contributed by atoms with Crippen LogP contribution in [0.3, 0.4) is 0 Å². The third kappa shape index (κ3) is 3.94. The van der Waals surface area contributed by atoms with Crippen molar-refractivity contribution in [2.45, 2.75) is 57.6 Å². The van der Waals surface area contributed by atoms with E-state index >= 15 is 0 Å². The van der Waals surface area contributed by atoms with E-state index in [1.54, 1.807) is 27.1 Å². The lowest BCUT2D eigenvalue weighted by Gasteiger charge is -2.50. The molecule has 1 fully saturated rings. The number of phenolic OH excluding ortho intramolecular Hbond substituents is 1. The predicted octanol–water partition coefficient (Wildman–Crippen LogP) is 1.63. The molecule has 4 rings (SSSR count). The smallest absolute Gasteiger partial charge is 0.255 e. The number of hydrogen-bond acceptors (Lipinski definition) is 10. The fourth-order valence-corrected chi connectivity index (χ4v) is 6.39. The van der Waals surface area contributed by atoms with Crippen LogP contribution in [-0.2, 0) is 31.1 Å². The molecule has 39 heavy (non-hydrogen) atoms. The third-order valence-corrected chi connectivity index (χ3v) is 8.15. The van der Waals surface area contributed by atoms with Gasteiger partial charge in [-0.05, 0) is 56.8 Å². The van der Waals surface area contributed by atoms with Crippen LogP contribution in [0.25, 0.3) is 5.76 Å². The Hall–Kier alpha value is -3.70. The number of aliphatic hydroxyl groups is 3. The van der Waals surface area contributed by atoms with Gasteiger partial charge in [0, 0.05) is 22.6 Å². The molecule has 0 saturated heterocycles. The summed E-state index contributed by atoms with van der Waals surface area (Å²) in [5, 5.41) is 49.7. The van der Waals surface area contributed by atoms with Gasteiger partial charge in [-0.1, -0.05) is 25.9 Å². The molecule has 1 aromatic carbocycles. The molecule has 6 N–H and O–H groups in total. The maximum atomic E-state index is 14.0. The quantitative estimate of drug-likeness (QED) is 0.215. The van der Waals surface area contributed by atoms with Crippen molar-refractivity contribution in [1.29, 1.82) is 0 Å². The number of Topliss-reactive ketones (excluding diaryl/α,β-unsaturated/α-hetero) is 2. The molecule has 1 amide bonds. The Kier molecular flexibility index (Phi) is 6.68. The molecule has 11 heteroatoms. The van der Waals surface area contributed by atoms with Gasteiger partial charge >= 0.3 is 0 Å². The van der Waals surface area contributed by atoms with Crippen molar-refractivity contribution in [3.8, 4) is 5.75 Å². The van der Waals surface area contributed by atoms with Crippen molar-refractivity contribution in [2.24, 2.45) is 22.7 Å². The summed E-state index contributed by atoms with van der Waals surface area (Å²) in [4.78, 5) is 45.8. The lowest BCUT2D eigenvalue weighted by molar-refractivity contribution is -0.153. The molecule has 0 bridgehead atoms. The molecule has 0 aromatic heterocycles. The second-order valence-electron chi connectivity index (χ2n) is 11.7. The molecule has 0 heterocycles. The number of phenols is 1. The maximum absolute atomic E-state index is 14.0. The highest BCUT2D eigenvalue weighted by atomic mass is 16.6. The van der Waals surface area contributed by atoms with Crippen LogP contribution < -0.4 is 5.73 Å². The van der Waals surface area contributed by atoms with Gasteiger partial charge in [0.15, 0.2) is 11.4 Å². The largest absolute Gasteiger partial charge is 0.508 e. The average molecular weight is 542 g/mol. The molecule has 0 radical (unpaired) electrons. The highest BCUT2D eigenvalue weighted by molar-refractivity contribution is 6.24. The zero-order valence-electron chi connectivity index (χ0n) is 23.1. The molecule has 1 saturated carbocycles. The molecule has 210 valence electrons. The zero-order chi connectivity index (χ0) is 29.4. The topological polar surface area (TPSA) is 183 Å². The van der Waals surface area contributed by atoms with Crippen LogP contribution in [0, 0.1) is 11.8 Å². The minimum absolute atomic E-state index is 0.00740. The minimum Gasteiger partial charge on any atom is -0.508 e. The van der Waals surface area contributed by atoms with Gasteiger partial charge in [-0.15, -0.1) is 0 Å². The summed E-state index contributed by atoms with van der Waals surface area (Å²) < 4.78 is 0. The van der Waals surface area contributed by atoms with E-state index in [0.717, 1.165) is 0 Å². The number of rotatable bonds is 4. The summed E-state index contributed by atoms with van der Waals surface area (Å²) in [6, 6.07) is 0.640. The summed E-state index contributed by atoms with van der Waals surface area (Å²) in [6.45, 7) is 7.36. The van der Waals surface area contributed by atoms with Gasteiger partial charge in [-0.25, -0.2) is 0 Å². The van der Waals surface area contributed by atoms with Crippen LogP contribution in [-0.4, -0.2) is 81.4 Å². The molecule has 3 aliphatic rings. The van der Waals surface area contributed by atoms with Crippen LogP contribution in [0.2, 0.25) is 0 Å². The lowest BCUT2D eigenvalue weighted by atomic mass is 9.57. The van der Waals surface area contributed by atoms with Crippen LogP contribution >= 0.6 is 0 Å². The van der Waals surface area contributed by atoms with Crippen molar-refractivity contribution in [3.05, 3.63) is 45.2 Å². The number of carbonyl (C=O) groups excluding carboxylic acids is 3. The Morgan fingerprint density at radius 3 is 2.33 bits per heavy atom. The van der Waals surface area contributed by atoms with Gasteiger partial charge in [-0.3, -0.25) is 19.3 Å². The van der Waals surface area contributed by atoms with E-state index in [1.807, 2.05) is 20.8 Å². The first kappa shape index (κ1) is 28.3. The number of aromatic hydroxyl groups is 1. The fourth-order valence-electron chi connectivity index (χ4n) is 6.39. The molecule has 0 spiro atoms. The number of carbonyl (C=O) groups is 3. The van der Waals surface area contributed by atoms with E-state index in [9.17, 15) is 34.8 Å². The summed E-state index contributed by atoms with van der Waals surface area (Å²) >= 11 is 0. The first-order chi connectivity index (χ1) is 18.0. The molecule has 3 aliphatic carbocycles. The summed E-state index contributed by atoms with van der Waals surface area (Å²) in [5.41, 5.74) is 3.22. The molecular weight excluding hydrogens is 506 g/mol. The van der Waals surface area contributed by atoms with Crippen molar-refractivity contribution in [2.75, 3.05) is 21.2 Å². The van der Waals surface area contributed by atoms with Gasteiger partial charge in [0.1, 0.15) is 30.0 Å². The normalized spacial score (nSPS) is 27.4. The number of nitrogens with zero attached hydrogens (tertiary/aromatic N) is 2. The van der Waals surface area contributed by atoms with E-state index in [2.05, 4.69) is 5.16 Å². The summed E-state index contributed by atoms with van der Waals surface area (Å²) in [6.07, 6.45) is 0.173. The van der Waals surface area contributed by atoms with Crippen LogP contribution in [0.1, 0.15) is 56.4 Å². The van der Waals surface area contributed by atoms with Gasteiger partial charge < -0.3 is 31.0 Å².